The molecule has 3 heterocycles. The molecule has 1 unspecified atom stereocenters. The highest BCUT2D eigenvalue weighted by molar-refractivity contribution is 5.97. The van der Waals surface area contributed by atoms with Gasteiger partial charge in [0, 0.05) is 24.8 Å². The van der Waals surface area contributed by atoms with Crippen molar-refractivity contribution in [2.45, 2.75) is 13.0 Å². The molecule has 6 nitrogen and oxygen atoms in total. The summed E-state index contributed by atoms with van der Waals surface area (Å²) >= 11 is 0. The van der Waals surface area contributed by atoms with Crippen LogP contribution < -0.4 is 5.32 Å². The lowest BCUT2D eigenvalue weighted by molar-refractivity contribution is 0.0935. The normalized spacial score (nSPS) is 12.4. The lowest BCUT2D eigenvalue weighted by Crippen LogP contribution is -2.27. The average Bonchev–Trinajstić information content (AvgIpc) is 3.33. The summed E-state index contributed by atoms with van der Waals surface area (Å²) in [5.41, 5.74) is 1.33. The number of nitrogens with one attached hydrogen (secondary N) is 1. The standard InChI is InChI=1S/C19H18N4O2/c1-13(17-11-14-7-3-4-8-16(14)25-17)21-18(24)15-12-20-22(2)19(15)23-9-5-6-10-23/h3-13H,1-2H3,(H,21,24). The Balaban J connectivity index is 1.60. The summed E-state index contributed by atoms with van der Waals surface area (Å²) < 4.78 is 9.38. The first-order valence-corrected chi connectivity index (χ1v) is 8.08. The van der Waals surface area contributed by atoms with E-state index in [-0.39, 0.29) is 11.9 Å². The fourth-order valence-corrected chi connectivity index (χ4v) is 2.93. The molecular weight excluding hydrogens is 316 g/mol. The third-order valence-electron chi connectivity index (χ3n) is 4.22. The first kappa shape index (κ1) is 15.3. The molecule has 0 aliphatic carbocycles. The van der Waals surface area contributed by atoms with E-state index in [1.54, 1.807) is 10.9 Å². The predicted molar refractivity (Wildman–Crippen MR) is 94.6 cm³/mol. The molecule has 1 amide bonds. The molecule has 1 aromatic carbocycles. The second-order valence-corrected chi connectivity index (χ2v) is 5.98. The van der Waals surface area contributed by atoms with Gasteiger partial charge in [0.15, 0.2) is 0 Å². The molecule has 3 aromatic heterocycles. The maximum atomic E-state index is 12.8. The molecule has 4 aromatic rings. The van der Waals surface area contributed by atoms with Crippen LogP contribution in [0.4, 0.5) is 0 Å². The Labute approximate surface area is 144 Å². The van der Waals surface area contributed by atoms with Crippen molar-refractivity contribution in [3.63, 3.8) is 0 Å². The topological polar surface area (TPSA) is 65.0 Å². The van der Waals surface area contributed by atoms with E-state index in [2.05, 4.69) is 10.4 Å². The van der Waals surface area contributed by atoms with Crippen LogP contribution in [0, 0.1) is 0 Å². The smallest absolute Gasteiger partial charge is 0.257 e. The van der Waals surface area contributed by atoms with Crippen LogP contribution in [-0.4, -0.2) is 20.3 Å². The predicted octanol–water partition coefficient (Wildman–Crippen LogP) is 3.45. The Morgan fingerprint density at radius 2 is 1.96 bits per heavy atom. The van der Waals surface area contributed by atoms with Gasteiger partial charge >= 0.3 is 0 Å². The average molecular weight is 334 g/mol. The number of carbonyl (C=O) groups is 1. The minimum Gasteiger partial charge on any atom is -0.459 e. The van der Waals surface area contributed by atoms with Gasteiger partial charge in [-0.1, -0.05) is 18.2 Å². The number of hydrogen-bond donors (Lipinski definition) is 1. The van der Waals surface area contributed by atoms with Crippen molar-refractivity contribution in [3.8, 4) is 5.82 Å². The number of carbonyl (C=O) groups excluding carboxylic acids is 1. The maximum Gasteiger partial charge on any atom is 0.257 e. The van der Waals surface area contributed by atoms with Gasteiger partial charge in [0.05, 0.1) is 12.2 Å². The second kappa shape index (κ2) is 5.98. The van der Waals surface area contributed by atoms with Crippen LogP contribution in [0.1, 0.15) is 29.1 Å². The molecule has 1 N–H and O–H groups in total. The molecule has 0 bridgehead atoms. The maximum absolute atomic E-state index is 12.8. The summed E-state index contributed by atoms with van der Waals surface area (Å²) in [4.78, 5) is 12.8. The summed E-state index contributed by atoms with van der Waals surface area (Å²) in [6.07, 6.45) is 5.35. The van der Waals surface area contributed by atoms with Gasteiger partial charge in [0.2, 0.25) is 0 Å². The monoisotopic (exact) mass is 334 g/mol. The zero-order chi connectivity index (χ0) is 17.4. The molecule has 1 atom stereocenters. The number of rotatable bonds is 4. The zero-order valence-electron chi connectivity index (χ0n) is 14.0. The molecule has 126 valence electrons. The van der Waals surface area contributed by atoms with Crippen LogP contribution in [0.3, 0.4) is 0 Å². The summed E-state index contributed by atoms with van der Waals surface area (Å²) in [6, 6.07) is 13.3. The van der Waals surface area contributed by atoms with Crippen LogP contribution in [0.25, 0.3) is 16.8 Å². The van der Waals surface area contributed by atoms with Gasteiger partial charge in [-0.3, -0.25) is 9.48 Å². The van der Waals surface area contributed by atoms with Crippen LogP contribution in [0.2, 0.25) is 0 Å². The largest absolute Gasteiger partial charge is 0.459 e. The molecule has 6 heteroatoms. The van der Waals surface area contributed by atoms with Gasteiger partial charge < -0.3 is 14.3 Å². The highest BCUT2D eigenvalue weighted by atomic mass is 16.3. The van der Waals surface area contributed by atoms with Gasteiger partial charge in [-0.05, 0) is 31.2 Å². The second-order valence-electron chi connectivity index (χ2n) is 5.98. The summed E-state index contributed by atoms with van der Waals surface area (Å²) in [7, 11) is 1.81. The number of furan rings is 1. The number of aryl methyl sites for hydroxylation is 1. The van der Waals surface area contributed by atoms with Crippen molar-refractivity contribution in [1.82, 2.24) is 19.7 Å². The Morgan fingerprint density at radius 1 is 1.20 bits per heavy atom. The molecular formula is C19H18N4O2. The van der Waals surface area contributed by atoms with E-state index in [0.29, 0.717) is 5.56 Å². The van der Waals surface area contributed by atoms with E-state index in [1.807, 2.05) is 73.4 Å². The first-order chi connectivity index (χ1) is 12.1. The van der Waals surface area contributed by atoms with Gasteiger partial charge in [-0.2, -0.15) is 5.10 Å². The third kappa shape index (κ3) is 2.71. The number of amides is 1. The van der Waals surface area contributed by atoms with Crippen LogP contribution in [0.5, 0.6) is 0 Å². The SMILES string of the molecule is CC(NC(=O)c1cnn(C)c1-n1cccc1)c1cc2ccccc2o1. The number of nitrogens with zero attached hydrogens (tertiary/aromatic N) is 3. The summed E-state index contributed by atoms with van der Waals surface area (Å²) in [5.74, 6) is 1.25. The van der Waals surface area contributed by atoms with E-state index in [4.69, 9.17) is 4.42 Å². The third-order valence-corrected chi connectivity index (χ3v) is 4.22. The van der Waals surface area contributed by atoms with Crippen molar-refractivity contribution in [2.24, 2.45) is 7.05 Å². The van der Waals surface area contributed by atoms with Crippen molar-refractivity contribution in [2.75, 3.05) is 0 Å². The van der Waals surface area contributed by atoms with E-state index in [0.717, 1.165) is 22.5 Å². The van der Waals surface area contributed by atoms with Crippen LogP contribution >= 0.6 is 0 Å². The molecule has 0 fully saturated rings. The Hall–Kier alpha value is -3.28. The Morgan fingerprint density at radius 3 is 2.72 bits per heavy atom. The molecule has 0 aliphatic rings. The minimum absolute atomic E-state index is 0.190. The first-order valence-electron chi connectivity index (χ1n) is 8.08. The molecule has 0 radical (unpaired) electrons. The molecule has 4 rings (SSSR count). The van der Waals surface area contributed by atoms with Crippen molar-refractivity contribution in [3.05, 3.63) is 72.4 Å². The quantitative estimate of drug-likeness (QED) is 0.622. The molecule has 0 spiro atoms. The highest BCUT2D eigenvalue weighted by Gasteiger charge is 2.20. The van der Waals surface area contributed by atoms with Gasteiger partial charge in [0.1, 0.15) is 22.7 Å². The van der Waals surface area contributed by atoms with Crippen LogP contribution in [-0.2, 0) is 7.05 Å². The summed E-state index contributed by atoms with van der Waals surface area (Å²) in [5, 5.41) is 8.23. The molecule has 25 heavy (non-hydrogen) atoms. The lowest BCUT2D eigenvalue weighted by atomic mass is 10.2. The fourth-order valence-electron chi connectivity index (χ4n) is 2.93. The number of aromatic nitrogens is 3. The number of para-hydroxylation sites is 1. The van der Waals surface area contributed by atoms with Crippen molar-refractivity contribution >= 4 is 16.9 Å². The summed E-state index contributed by atoms with van der Waals surface area (Å²) in [6.45, 7) is 1.90. The number of hydrogen-bond acceptors (Lipinski definition) is 3. The van der Waals surface area contributed by atoms with E-state index in [9.17, 15) is 4.79 Å². The van der Waals surface area contributed by atoms with Crippen molar-refractivity contribution in [1.29, 1.82) is 0 Å². The molecule has 0 saturated carbocycles. The Bertz CT molecular complexity index is 994. The lowest BCUT2D eigenvalue weighted by Gasteiger charge is -2.12. The highest BCUT2D eigenvalue weighted by Crippen LogP contribution is 2.24. The zero-order valence-corrected chi connectivity index (χ0v) is 14.0. The van der Waals surface area contributed by atoms with Gasteiger partial charge in [-0.25, -0.2) is 0 Å². The van der Waals surface area contributed by atoms with Crippen LogP contribution in [0.15, 0.2) is 65.5 Å². The number of fused-ring (bicyclic) bond motifs is 1. The Kier molecular flexibility index (Phi) is 3.65. The fraction of sp³-hybridized carbons (Fsp3) is 0.158. The van der Waals surface area contributed by atoms with Gasteiger partial charge in [0.25, 0.3) is 5.91 Å². The van der Waals surface area contributed by atoms with E-state index < -0.39 is 0 Å². The van der Waals surface area contributed by atoms with E-state index >= 15 is 0 Å². The molecule has 0 aliphatic heterocycles. The van der Waals surface area contributed by atoms with Gasteiger partial charge in [-0.15, -0.1) is 0 Å². The van der Waals surface area contributed by atoms with E-state index in [1.165, 1.54) is 0 Å². The minimum atomic E-state index is -0.252. The number of benzene rings is 1. The van der Waals surface area contributed by atoms with Crippen molar-refractivity contribution < 1.29 is 9.21 Å². The molecule has 0 saturated heterocycles.